The van der Waals surface area contributed by atoms with Gasteiger partial charge in [0.25, 0.3) is 0 Å². The fraction of sp³-hybridized carbons (Fsp3) is 0.294. The second kappa shape index (κ2) is 6.50. The lowest BCUT2D eigenvalue weighted by atomic mass is 10.1. The predicted molar refractivity (Wildman–Crippen MR) is 81.2 cm³/mol. The van der Waals surface area contributed by atoms with Gasteiger partial charge in [-0.2, -0.15) is 0 Å². The van der Waals surface area contributed by atoms with Crippen molar-refractivity contribution in [2.45, 2.75) is 6.04 Å². The molecular weight excluding hydrogens is 266 g/mol. The summed E-state index contributed by atoms with van der Waals surface area (Å²) in [6, 6.07) is 15.9. The summed E-state index contributed by atoms with van der Waals surface area (Å²) in [6.07, 6.45) is 0. The van der Waals surface area contributed by atoms with Crippen LogP contribution in [0, 0.1) is 0 Å². The van der Waals surface area contributed by atoms with Crippen LogP contribution in [0.1, 0.15) is 11.6 Å². The molecule has 0 bridgehead atoms. The number of hydrogen-bond acceptors (Lipinski definition) is 4. The summed E-state index contributed by atoms with van der Waals surface area (Å²) in [5.74, 6) is 2.48. The number of nitrogens with one attached hydrogen (secondary N) is 1. The summed E-state index contributed by atoms with van der Waals surface area (Å²) >= 11 is 0. The molecule has 21 heavy (non-hydrogen) atoms. The van der Waals surface area contributed by atoms with Gasteiger partial charge in [-0.3, -0.25) is 0 Å². The average molecular weight is 285 g/mol. The molecule has 2 aromatic carbocycles. The van der Waals surface area contributed by atoms with Crippen molar-refractivity contribution in [3.8, 4) is 17.2 Å². The van der Waals surface area contributed by atoms with Crippen LogP contribution in [0.15, 0.2) is 48.5 Å². The molecule has 0 spiro atoms. The van der Waals surface area contributed by atoms with E-state index in [4.69, 9.17) is 14.2 Å². The highest BCUT2D eigenvalue weighted by molar-refractivity contribution is 5.44. The summed E-state index contributed by atoms with van der Waals surface area (Å²) in [5, 5.41) is 3.27. The molecular formula is C17H19NO3. The summed E-state index contributed by atoms with van der Waals surface area (Å²) in [6.45, 7) is 1.76. The maximum absolute atomic E-state index is 5.82. The molecule has 110 valence electrons. The topological polar surface area (TPSA) is 39.7 Å². The second-order valence-electron chi connectivity index (χ2n) is 4.87. The van der Waals surface area contributed by atoms with E-state index in [1.165, 1.54) is 0 Å². The van der Waals surface area contributed by atoms with Crippen molar-refractivity contribution in [2.75, 3.05) is 26.9 Å². The lowest BCUT2D eigenvalue weighted by Crippen LogP contribution is -2.24. The Bertz CT molecular complexity index is 586. The summed E-state index contributed by atoms with van der Waals surface area (Å²) in [7, 11) is 1.93. The van der Waals surface area contributed by atoms with Crippen LogP contribution < -0.4 is 19.5 Å². The normalized spacial score (nSPS) is 14.5. The molecule has 0 aromatic heterocycles. The Hall–Kier alpha value is -2.20. The Labute approximate surface area is 124 Å². The van der Waals surface area contributed by atoms with E-state index in [2.05, 4.69) is 5.32 Å². The molecule has 3 rings (SSSR count). The minimum absolute atomic E-state index is 0.0982. The third kappa shape index (κ3) is 3.28. The van der Waals surface area contributed by atoms with E-state index < -0.39 is 0 Å². The number of fused-ring (bicyclic) bond motifs is 1. The van der Waals surface area contributed by atoms with Gasteiger partial charge >= 0.3 is 0 Å². The van der Waals surface area contributed by atoms with Crippen molar-refractivity contribution in [1.29, 1.82) is 0 Å². The van der Waals surface area contributed by atoms with Crippen LogP contribution in [0.2, 0.25) is 0 Å². The van der Waals surface area contributed by atoms with E-state index in [-0.39, 0.29) is 6.04 Å². The molecule has 0 amide bonds. The van der Waals surface area contributed by atoms with Gasteiger partial charge in [0.05, 0.1) is 6.04 Å². The van der Waals surface area contributed by atoms with Crippen molar-refractivity contribution in [1.82, 2.24) is 5.32 Å². The molecule has 1 aliphatic heterocycles. The maximum atomic E-state index is 5.82. The van der Waals surface area contributed by atoms with E-state index >= 15 is 0 Å². The molecule has 1 N–H and O–H groups in total. The first kappa shape index (κ1) is 13.8. The number of ether oxygens (including phenoxy) is 3. The molecule has 1 heterocycles. The highest BCUT2D eigenvalue weighted by Crippen LogP contribution is 2.32. The molecule has 1 atom stereocenters. The van der Waals surface area contributed by atoms with Crippen molar-refractivity contribution < 1.29 is 14.2 Å². The van der Waals surface area contributed by atoms with Crippen molar-refractivity contribution in [3.63, 3.8) is 0 Å². The largest absolute Gasteiger partial charge is 0.492 e. The Morgan fingerprint density at radius 1 is 1.05 bits per heavy atom. The Morgan fingerprint density at radius 3 is 2.57 bits per heavy atom. The molecule has 4 heteroatoms. The van der Waals surface area contributed by atoms with Gasteiger partial charge in [0, 0.05) is 0 Å². The second-order valence-corrected chi connectivity index (χ2v) is 4.87. The standard InChI is InChI=1S/C17H19NO3/c1-18-15(12-21-14-5-3-2-4-6-14)13-7-8-16-17(11-13)20-10-9-19-16/h2-8,11,15,18H,9-10,12H2,1H3. The van der Waals surface area contributed by atoms with Crippen LogP contribution in [-0.2, 0) is 0 Å². The first-order chi connectivity index (χ1) is 10.4. The average Bonchev–Trinajstić information content (AvgIpc) is 2.56. The summed E-state index contributed by atoms with van der Waals surface area (Å²) in [4.78, 5) is 0. The van der Waals surface area contributed by atoms with Crippen molar-refractivity contribution in [2.24, 2.45) is 0 Å². The minimum Gasteiger partial charge on any atom is -0.492 e. The highest BCUT2D eigenvalue weighted by atomic mass is 16.6. The highest BCUT2D eigenvalue weighted by Gasteiger charge is 2.16. The monoisotopic (exact) mass is 285 g/mol. The van der Waals surface area contributed by atoms with E-state index in [9.17, 15) is 0 Å². The molecule has 0 radical (unpaired) electrons. The summed E-state index contributed by atoms with van der Waals surface area (Å²) in [5.41, 5.74) is 1.12. The minimum atomic E-state index is 0.0982. The zero-order valence-electron chi connectivity index (χ0n) is 12.0. The van der Waals surface area contributed by atoms with Crippen LogP contribution in [0.4, 0.5) is 0 Å². The smallest absolute Gasteiger partial charge is 0.161 e. The van der Waals surface area contributed by atoms with E-state index in [0.29, 0.717) is 19.8 Å². The third-order valence-corrected chi connectivity index (χ3v) is 3.48. The summed E-state index contributed by atoms with van der Waals surface area (Å²) < 4.78 is 17.0. The van der Waals surface area contributed by atoms with Gasteiger partial charge in [0.2, 0.25) is 0 Å². The van der Waals surface area contributed by atoms with E-state index in [0.717, 1.165) is 22.8 Å². The molecule has 1 unspecified atom stereocenters. The van der Waals surface area contributed by atoms with E-state index in [1.54, 1.807) is 0 Å². The zero-order chi connectivity index (χ0) is 14.5. The molecule has 0 fully saturated rings. The SMILES string of the molecule is CNC(COc1ccccc1)c1ccc2c(c1)OCCO2. The Balaban J connectivity index is 1.71. The van der Waals surface area contributed by atoms with Crippen LogP contribution >= 0.6 is 0 Å². The lowest BCUT2D eigenvalue weighted by Gasteiger charge is -2.22. The number of hydrogen-bond donors (Lipinski definition) is 1. The fourth-order valence-electron chi connectivity index (χ4n) is 2.32. The zero-order valence-corrected chi connectivity index (χ0v) is 12.0. The first-order valence-corrected chi connectivity index (χ1v) is 7.11. The van der Waals surface area contributed by atoms with E-state index in [1.807, 2.05) is 55.6 Å². The lowest BCUT2D eigenvalue weighted by molar-refractivity contribution is 0.171. The van der Waals surface area contributed by atoms with Gasteiger partial charge in [0.1, 0.15) is 25.6 Å². The van der Waals surface area contributed by atoms with Crippen LogP contribution in [-0.4, -0.2) is 26.9 Å². The Morgan fingerprint density at radius 2 is 1.81 bits per heavy atom. The van der Waals surface area contributed by atoms with Gasteiger partial charge in [-0.15, -0.1) is 0 Å². The van der Waals surface area contributed by atoms with Crippen molar-refractivity contribution in [3.05, 3.63) is 54.1 Å². The maximum Gasteiger partial charge on any atom is 0.161 e. The molecule has 0 aliphatic carbocycles. The number of benzene rings is 2. The number of para-hydroxylation sites is 1. The molecule has 1 aliphatic rings. The molecule has 0 saturated heterocycles. The first-order valence-electron chi connectivity index (χ1n) is 7.11. The van der Waals surface area contributed by atoms with Gasteiger partial charge in [-0.1, -0.05) is 24.3 Å². The van der Waals surface area contributed by atoms with Crippen LogP contribution in [0.3, 0.4) is 0 Å². The Kier molecular flexibility index (Phi) is 4.26. The number of rotatable bonds is 5. The molecule has 0 saturated carbocycles. The van der Waals surface area contributed by atoms with Gasteiger partial charge in [-0.05, 0) is 36.9 Å². The van der Waals surface area contributed by atoms with Gasteiger partial charge < -0.3 is 19.5 Å². The molecule has 4 nitrogen and oxygen atoms in total. The van der Waals surface area contributed by atoms with Crippen LogP contribution in [0.5, 0.6) is 17.2 Å². The third-order valence-electron chi connectivity index (χ3n) is 3.48. The number of likely N-dealkylation sites (N-methyl/N-ethyl adjacent to an activating group) is 1. The fourth-order valence-corrected chi connectivity index (χ4v) is 2.32. The van der Waals surface area contributed by atoms with Crippen LogP contribution in [0.25, 0.3) is 0 Å². The molecule has 2 aromatic rings. The quantitative estimate of drug-likeness (QED) is 0.917. The van der Waals surface area contributed by atoms with Crippen molar-refractivity contribution >= 4 is 0 Å². The van der Waals surface area contributed by atoms with Gasteiger partial charge in [0.15, 0.2) is 11.5 Å². The predicted octanol–water partition coefficient (Wildman–Crippen LogP) is 2.80. The van der Waals surface area contributed by atoms with Gasteiger partial charge in [-0.25, -0.2) is 0 Å².